The molecule has 2 aromatic heterocycles. The second kappa shape index (κ2) is 7.81. The fraction of sp³-hybridized carbons (Fsp3) is 0.0476. The summed E-state index contributed by atoms with van der Waals surface area (Å²) in [5.41, 5.74) is 13.4. The summed E-state index contributed by atoms with van der Waals surface area (Å²) in [5.74, 6) is 1.02. The SMILES string of the molecule is Cc1cccnc1Nc1ncnc(NNC(=O)c2cccc3ccccc23)c1N. The zero-order valence-corrected chi connectivity index (χ0v) is 15.7. The Bertz CT molecular complexity index is 1190. The molecule has 29 heavy (non-hydrogen) atoms. The van der Waals surface area contributed by atoms with E-state index in [9.17, 15) is 4.79 Å². The van der Waals surface area contributed by atoms with Gasteiger partial charge >= 0.3 is 0 Å². The van der Waals surface area contributed by atoms with E-state index in [2.05, 4.69) is 31.1 Å². The third-order valence-electron chi connectivity index (χ3n) is 4.46. The predicted molar refractivity (Wildman–Crippen MR) is 114 cm³/mol. The molecule has 8 heteroatoms. The lowest BCUT2D eigenvalue weighted by atomic mass is 10.0. The summed E-state index contributed by atoms with van der Waals surface area (Å²) in [6.45, 7) is 1.93. The Morgan fingerprint density at radius 3 is 2.55 bits per heavy atom. The van der Waals surface area contributed by atoms with Gasteiger partial charge in [-0.3, -0.25) is 15.6 Å². The number of rotatable bonds is 5. The fourth-order valence-corrected chi connectivity index (χ4v) is 2.93. The largest absolute Gasteiger partial charge is 0.393 e. The van der Waals surface area contributed by atoms with Crippen LogP contribution in [0.1, 0.15) is 15.9 Å². The Hall–Kier alpha value is -4.20. The minimum atomic E-state index is -0.296. The van der Waals surface area contributed by atoms with Crippen LogP contribution in [0.15, 0.2) is 67.1 Å². The van der Waals surface area contributed by atoms with Crippen molar-refractivity contribution >= 4 is 39.8 Å². The predicted octanol–water partition coefficient (Wildman–Crippen LogP) is 3.42. The number of nitrogens with two attached hydrogens (primary N) is 1. The van der Waals surface area contributed by atoms with E-state index in [0.29, 0.717) is 17.2 Å². The number of fused-ring (bicyclic) bond motifs is 1. The van der Waals surface area contributed by atoms with E-state index in [1.54, 1.807) is 12.3 Å². The molecule has 5 N–H and O–H groups in total. The van der Waals surface area contributed by atoms with Crippen molar-refractivity contribution in [2.75, 3.05) is 16.5 Å². The van der Waals surface area contributed by atoms with Crippen LogP contribution in [0.4, 0.5) is 23.1 Å². The van der Waals surface area contributed by atoms with Gasteiger partial charge in [-0.05, 0) is 35.4 Å². The molecule has 0 saturated heterocycles. The van der Waals surface area contributed by atoms with Gasteiger partial charge in [0.15, 0.2) is 11.6 Å². The molecule has 0 radical (unpaired) electrons. The molecule has 0 aliphatic carbocycles. The maximum Gasteiger partial charge on any atom is 0.270 e. The Kier molecular flexibility index (Phi) is 4.90. The van der Waals surface area contributed by atoms with Crippen molar-refractivity contribution in [1.29, 1.82) is 0 Å². The van der Waals surface area contributed by atoms with Crippen molar-refractivity contribution < 1.29 is 4.79 Å². The average molecular weight is 385 g/mol. The summed E-state index contributed by atoms with van der Waals surface area (Å²) in [5, 5.41) is 4.93. The summed E-state index contributed by atoms with van der Waals surface area (Å²) >= 11 is 0. The second-order valence-corrected chi connectivity index (χ2v) is 6.38. The molecular weight excluding hydrogens is 366 g/mol. The first-order chi connectivity index (χ1) is 14.1. The molecule has 2 heterocycles. The van der Waals surface area contributed by atoms with Crippen LogP contribution in [0.25, 0.3) is 10.8 Å². The number of nitrogen functional groups attached to an aromatic ring is 1. The molecule has 8 nitrogen and oxygen atoms in total. The number of hydrogen-bond donors (Lipinski definition) is 4. The highest BCUT2D eigenvalue weighted by Crippen LogP contribution is 2.26. The van der Waals surface area contributed by atoms with Gasteiger partial charge in [-0.2, -0.15) is 0 Å². The Balaban J connectivity index is 1.53. The van der Waals surface area contributed by atoms with Crippen LogP contribution in [-0.4, -0.2) is 20.9 Å². The Morgan fingerprint density at radius 1 is 0.897 bits per heavy atom. The fourth-order valence-electron chi connectivity index (χ4n) is 2.93. The third kappa shape index (κ3) is 3.77. The van der Waals surface area contributed by atoms with Crippen LogP contribution in [0.5, 0.6) is 0 Å². The first-order valence-electron chi connectivity index (χ1n) is 8.96. The van der Waals surface area contributed by atoms with Gasteiger partial charge in [-0.15, -0.1) is 0 Å². The first kappa shape index (κ1) is 18.2. The van der Waals surface area contributed by atoms with E-state index in [1.165, 1.54) is 6.33 Å². The van der Waals surface area contributed by atoms with Gasteiger partial charge in [0.1, 0.15) is 17.8 Å². The normalized spacial score (nSPS) is 10.5. The summed E-state index contributed by atoms with van der Waals surface area (Å²) in [7, 11) is 0. The number of hydrazine groups is 1. The minimum Gasteiger partial charge on any atom is -0.393 e. The number of aromatic nitrogens is 3. The number of nitrogens with one attached hydrogen (secondary N) is 3. The van der Waals surface area contributed by atoms with Gasteiger partial charge in [0.05, 0.1) is 0 Å². The van der Waals surface area contributed by atoms with Gasteiger partial charge in [0.25, 0.3) is 5.91 Å². The van der Waals surface area contributed by atoms with E-state index in [4.69, 9.17) is 5.73 Å². The number of hydrogen-bond acceptors (Lipinski definition) is 7. The van der Waals surface area contributed by atoms with Gasteiger partial charge in [0, 0.05) is 11.8 Å². The molecular formula is C21H19N7O. The van der Waals surface area contributed by atoms with Gasteiger partial charge < -0.3 is 11.1 Å². The van der Waals surface area contributed by atoms with E-state index in [0.717, 1.165) is 16.3 Å². The summed E-state index contributed by atoms with van der Waals surface area (Å²) < 4.78 is 0. The molecule has 2 aromatic carbocycles. The molecule has 0 aliphatic rings. The van der Waals surface area contributed by atoms with Crippen LogP contribution in [-0.2, 0) is 0 Å². The van der Waals surface area contributed by atoms with E-state index in [1.807, 2.05) is 55.5 Å². The summed E-state index contributed by atoms with van der Waals surface area (Å²) in [4.78, 5) is 25.2. The standard InChI is InChI=1S/C21H19N7O/c1-13-6-5-11-23-18(13)26-19-17(22)20(25-12-24-19)27-28-21(29)16-10-4-8-14-7-2-3-9-15(14)16/h2-12H,22H2,1H3,(H,28,29)(H2,23,24,25,26,27). The number of amides is 1. The summed E-state index contributed by atoms with van der Waals surface area (Å²) in [6, 6.07) is 17.0. The number of pyridine rings is 1. The molecule has 0 aliphatic heterocycles. The highest BCUT2D eigenvalue weighted by Gasteiger charge is 2.13. The Labute approximate surface area is 167 Å². The molecule has 0 spiro atoms. The monoisotopic (exact) mass is 385 g/mol. The van der Waals surface area contributed by atoms with Crippen LogP contribution in [0.2, 0.25) is 0 Å². The zero-order chi connectivity index (χ0) is 20.2. The molecule has 1 amide bonds. The van der Waals surface area contributed by atoms with E-state index >= 15 is 0 Å². The zero-order valence-electron chi connectivity index (χ0n) is 15.7. The first-order valence-corrected chi connectivity index (χ1v) is 8.96. The molecule has 4 aromatic rings. The van der Waals surface area contributed by atoms with Crippen molar-refractivity contribution in [2.24, 2.45) is 0 Å². The van der Waals surface area contributed by atoms with Crippen LogP contribution >= 0.6 is 0 Å². The van der Waals surface area contributed by atoms with Crippen LogP contribution in [0, 0.1) is 6.92 Å². The van der Waals surface area contributed by atoms with Crippen LogP contribution in [0.3, 0.4) is 0 Å². The number of benzene rings is 2. The Morgan fingerprint density at radius 2 is 1.69 bits per heavy atom. The van der Waals surface area contributed by atoms with Crippen molar-refractivity contribution in [3.05, 3.63) is 78.2 Å². The number of aryl methyl sites for hydroxylation is 1. The number of nitrogens with zero attached hydrogens (tertiary/aromatic N) is 3. The third-order valence-corrected chi connectivity index (χ3v) is 4.46. The van der Waals surface area contributed by atoms with Gasteiger partial charge in [-0.25, -0.2) is 15.0 Å². The topological polar surface area (TPSA) is 118 Å². The van der Waals surface area contributed by atoms with Gasteiger partial charge in [0.2, 0.25) is 0 Å². The summed E-state index contributed by atoms with van der Waals surface area (Å²) in [6.07, 6.45) is 3.03. The van der Waals surface area contributed by atoms with Gasteiger partial charge in [-0.1, -0.05) is 42.5 Å². The number of carbonyl (C=O) groups is 1. The number of carbonyl (C=O) groups excluding carboxylic acids is 1. The maximum atomic E-state index is 12.7. The van der Waals surface area contributed by atoms with E-state index in [-0.39, 0.29) is 17.4 Å². The van der Waals surface area contributed by atoms with Crippen molar-refractivity contribution in [2.45, 2.75) is 6.92 Å². The highest BCUT2D eigenvalue weighted by atomic mass is 16.2. The molecule has 0 saturated carbocycles. The lowest BCUT2D eigenvalue weighted by Gasteiger charge is -2.14. The van der Waals surface area contributed by atoms with E-state index < -0.39 is 0 Å². The molecule has 0 bridgehead atoms. The quantitative estimate of drug-likeness (QED) is 0.389. The smallest absolute Gasteiger partial charge is 0.270 e. The van der Waals surface area contributed by atoms with Crippen LogP contribution < -0.4 is 21.9 Å². The highest BCUT2D eigenvalue weighted by molar-refractivity contribution is 6.07. The molecule has 144 valence electrons. The second-order valence-electron chi connectivity index (χ2n) is 6.38. The molecule has 0 unspecified atom stereocenters. The molecule has 0 fully saturated rings. The maximum absolute atomic E-state index is 12.7. The minimum absolute atomic E-state index is 0.260. The lowest BCUT2D eigenvalue weighted by molar-refractivity contribution is 0.0964. The number of anilines is 4. The molecule has 0 atom stereocenters. The van der Waals surface area contributed by atoms with Crippen molar-refractivity contribution in [3.8, 4) is 0 Å². The van der Waals surface area contributed by atoms with Crippen molar-refractivity contribution in [1.82, 2.24) is 20.4 Å². The average Bonchev–Trinajstić information content (AvgIpc) is 2.75. The lowest BCUT2D eigenvalue weighted by Crippen LogP contribution is -2.30. The molecule has 4 rings (SSSR count). The van der Waals surface area contributed by atoms with Crippen molar-refractivity contribution in [3.63, 3.8) is 0 Å².